The molecule has 0 radical (unpaired) electrons. The van der Waals surface area contributed by atoms with Crippen LogP contribution in [0.15, 0.2) is 18.2 Å². The zero-order chi connectivity index (χ0) is 18.9. The van der Waals surface area contributed by atoms with Crippen molar-refractivity contribution in [3.8, 4) is 11.5 Å². The lowest BCUT2D eigenvalue weighted by Gasteiger charge is -2.38. The van der Waals surface area contributed by atoms with E-state index < -0.39 is 0 Å². The number of primary amides is 1. The van der Waals surface area contributed by atoms with E-state index >= 15 is 0 Å². The van der Waals surface area contributed by atoms with Gasteiger partial charge in [0.25, 0.3) is 0 Å². The Morgan fingerprint density at radius 1 is 1.19 bits per heavy atom. The fourth-order valence-corrected chi connectivity index (χ4v) is 4.56. The molecule has 1 saturated heterocycles. The van der Waals surface area contributed by atoms with Gasteiger partial charge in [-0.1, -0.05) is 25.3 Å². The molecule has 1 aromatic carbocycles. The van der Waals surface area contributed by atoms with E-state index in [1.54, 1.807) is 4.90 Å². The number of ether oxygens (including phenoxy) is 2. The van der Waals surface area contributed by atoms with Crippen molar-refractivity contribution < 1.29 is 19.1 Å². The summed E-state index contributed by atoms with van der Waals surface area (Å²) >= 11 is 0. The van der Waals surface area contributed by atoms with Crippen molar-refractivity contribution in [2.75, 3.05) is 26.4 Å². The van der Waals surface area contributed by atoms with E-state index in [2.05, 4.69) is 17.4 Å². The zero-order valence-corrected chi connectivity index (χ0v) is 15.5. The van der Waals surface area contributed by atoms with Crippen LogP contribution in [0.5, 0.6) is 11.5 Å². The first-order chi connectivity index (χ1) is 13.1. The van der Waals surface area contributed by atoms with Gasteiger partial charge in [-0.2, -0.15) is 0 Å². The highest BCUT2D eigenvalue weighted by Gasteiger charge is 2.37. The fourth-order valence-electron chi connectivity index (χ4n) is 4.56. The standard InChI is InChI=1S/C20H27N3O4/c21-18(24)14-6-9-23(11-14)19(25)22-12-20(7-2-1-3-8-20)15-4-5-16-17(10-15)27-13-26-16/h4-5,10,14H,1-3,6-9,11-13H2,(H2,21,24)(H,22,25)/t14-/m1/s1. The largest absolute Gasteiger partial charge is 0.454 e. The Labute approximate surface area is 159 Å². The van der Waals surface area contributed by atoms with Gasteiger partial charge in [-0.05, 0) is 37.0 Å². The smallest absolute Gasteiger partial charge is 0.317 e. The van der Waals surface area contributed by atoms with Crippen molar-refractivity contribution in [2.45, 2.75) is 43.9 Å². The molecule has 1 aromatic rings. The number of nitrogens with zero attached hydrogens (tertiary/aromatic N) is 1. The molecule has 3 N–H and O–H groups in total. The number of rotatable bonds is 4. The third-order valence-electron chi connectivity index (χ3n) is 6.25. The summed E-state index contributed by atoms with van der Waals surface area (Å²) in [7, 11) is 0. The van der Waals surface area contributed by atoms with Crippen molar-refractivity contribution in [1.82, 2.24) is 10.2 Å². The number of hydrogen-bond donors (Lipinski definition) is 2. The molecule has 0 aromatic heterocycles. The number of amides is 3. The highest BCUT2D eigenvalue weighted by molar-refractivity contribution is 5.80. The van der Waals surface area contributed by atoms with Crippen LogP contribution in [-0.2, 0) is 10.2 Å². The molecule has 0 spiro atoms. The normalized spacial score (nSPS) is 23.3. The summed E-state index contributed by atoms with van der Waals surface area (Å²) in [4.78, 5) is 25.7. The molecule has 4 rings (SSSR count). The number of carbonyl (C=O) groups is 2. The molecule has 27 heavy (non-hydrogen) atoms. The molecular formula is C20H27N3O4. The molecule has 146 valence electrons. The van der Waals surface area contributed by atoms with Crippen LogP contribution in [0.25, 0.3) is 0 Å². The van der Waals surface area contributed by atoms with E-state index in [1.165, 1.54) is 12.0 Å². The lowest BCUT2D eigenvalue weighted by molar-refractivity contribution is -0.121. The average Bonchev–Trinajstić information content (AvgIpc) is 3.35. The average molecular weight is 373 g/mol. The molecule has 1 aliphatic carbocycles. The molecule has 1 atom stereocenters. The summed E-state index contributed by atoms with van der Waals surface area (Å²) in [6.07, 6.45) is 6.26. The maximum Gasteiger partial charge on any atom is 0.317 e. The third-order valence-corrected chi connectivity index (χ3v) is 6.25. The van der Waals surface area contributed by atoms with Crippen molar-refractivity contribution in [1.29, 1.82) is 0 Å². The number of benzene rings is 1. The van der Waals surface area contributed by atoms with Crippen molar-refractivity contribution in [3.63, 3.8) is 0 Å². The molecule has 2 fully saturated rings. The number of nitrogens with one attached hydrogen (secondary N) is 1. The van der Waals surface area contributed by atoms with Crippen molar-refractivity contribution in [3.05, 3.63) is 23.8 Å². The minimum atomic E-state index is -0.325. The van der Waals surface area contributed by atoms with Gasteiger partial charge in [0.15, 0.2) is 11.5 Å². The fraction of sp³-hybridized carbons (Fsp3) is 0.600. The van der Waals surface area contributed by atoms with Crippen LogP contribution in [0, 0.1) is 5.92 Å². The topological polar surface area (TPSA) is 93.9 Å². The minimum Gasteiger partial charge on any atom is -0.454 e. The second-order valence-corrected chi connectivity index (χ2v) is 7.90. The third kappa shape index (κ3) is 3.55. The first kappa shape index (κ1) is 17.9. The van der Waals surface area contributed by atoms with Gasteiger partial charge in [-0.15, -0.1) is 0 Å². The van der Waals surface area contributed by atoms with Gasteiger partial charge in [-0.25, -0.2) is 4.79 Å². The van der Waals surface area contributed by atoms with Crippen molar-refractivity contribution >= 4 is 11.9 Å². The Balaban J connectivity index is 1.46. The lowest BCUT2D eigenvalue weighted by Crippen LogP contribution is -2.47. The van der Waals surface area contributed by atoms with Gasteiger partial charge in [-0.3, -0.25) is 4.79 Å². The van der Waals surface area contributed by atoms with Crippen LogP contribution in [0.2, 0.25) is 0 Å². The Kier molecular flexibility index (Phi) is 4.85. The van der Waals surface area contributed by atoms with E-state index in [0.29, 0.717) is 26.1 Å². The Morgan fingerprint density at radius 2 is 1.96 bits per heavy atom. The summed E-state index contributed by atoms with van der Waals surface area (Å²) in [5.41, 5.74) is 6.49. The van der Waals surface area contributed by atoms with Crippen LogP contribution in [-0.4, -0.2) is 43.3 Å². The Hall–Kier alpha value is -2.44. The lowest BCUT2D eigenvalue weighted by atomic mass is 9.69. The SMILES string of the molecule is NC(=O)[C@@H]1CCN(C(=O)NCC2(c3ccc4c(c3)OCO4)CCCCC2)C1. The van der Waals surface area contributed by atoms with Gasteiger partial charge < -0.3 is 25.4 Å². The molecule has 0 unspecified atom stereocenters. The number of likely N-dealkylation sites (tertiary alicyclic amines) is 1. The number of urea groups is 1. The summed E-state index contributed by atoms with van der Waals surface area (Å²) in [5.74, 6) is 1.01. The first-order valence-electron chi connectivity index (χ1n) is 9.80. The number of nitrogens with two attached hydrogens (primary N) is 1. The van der Waals surface area contributed by atoms with Crippen molar-refractivity contribution in [2.24, 2.45) is 11.7 Å². The van der Waals surface area contributed by atoms with E-state index in [-0.39, 0.29) is 30.1 Å². The number of fused-ring (bicyclic) bond motifs is 1. The molecule has 3 amide bonds. The molecule has 1 saturated carbocycles. The zero-order valence-electron chi connectivity index (χ0n) is 15.5. The molecule has 2 heterocycles. The molecule has 7 nitrogen and oxygen atoms in total. The van der Waals surface area contributed by atoms with E-state index in [4.69, 9.17) is 15.2 Å². The molecule has 0 bridgehead atoms. The highest BCUT2D eigenvalue weighted by Crippen LogP contribution is 2.43. The van der Waals surface area contributed by atoms with Crippen LogP contribution < -0.4 is 20.5 Å². The van der Waals surface area contributed by atoms with Gasteiger partial charge >= 0.3 is 6.03 Å². The van der Waals surface area contributed by atoms with Crippen LogP contribution in [0.1, 0.15) is 44.1 Å². The molecule has 2 aliphatic heterocycles. The maximum atomic E-state index is 12.6. The van der Waals surface area contributed by atoms with Gasteiger partial charge in [0.2, 0.25) is 12.7 Å². The summed E-state index contributed by atoms with van der Waals surface area (Å²) in [6, 6.07) is 6.03. The van der Waals surface area contributed by atoms with Crippen LogP contribution in [0.3, 0.4) is 0 Å². The monoisotopic (exact) mass is 373 g/mol. The van der Waals surface area contributed by atoms with E-state index in [1.807, 2.05) is 6.07 Å². The summed E-state index contributed by atoms with van der Waals surface area (Å²) < 4.78 is 11.0. The molecule has 3 aliphatic rings. The van der Waals surface area contributed by atoms with Crippen LogP contribution in [0.4, 0.5) is 4.79 Å². The minimum absolute atomic E-state index is 0.0856. The van der Waals surface area contributed by atoms with Gasteiger partial charge in [0.05, 0.1) is 5.92 Å². The van der Waals surface area contributed by atoms with E-state index in [0.717, 1.165) is 37.2 Å². The quantitative estimate of drug-likeness (QED) is 0.845. The predicted octanol–water partition coefficient (Wildman–Crippen LogP) is 2.13. The summed E-state index contributed by atoms with van der Waals surface area (Å²) in [6.45, 7) is 1.84. The number of hydrogen-bond acceptors (Lipinski definition) is 4. The summed E-state index contributed by atoms with van der Waals surface area (Å²) in [5, 5.41) is 3.12. The number of carbonyl (C=O) groups excluding carboxylic acids is 2. The molecule has 7 heteroatoms. The van der Waals surface area contributed by atoms with Gasteiger partial charge in [0, 0.05) is 25.0 Å². The molecular weight excluding hydrogens is 346 g/mol. The highest BCUT2D eigenvalue weighted by atomic mass is 16.7. The predicted molar refractivity (Wildman–Crippen MR) is 99.6 cm³/mol. The maximum absolute atomic E-state index is 12.6. The Morgan fingerprint density at radius 3 is 2.70 bits per heavy atom. The first-order valence-corrected chi connectivity index (χ1v) is 9.80. The Bertz CT molecular complexity index is 730. The van der Waals surface area contributed by atoms with Crippen LogP contribution >= 0.6 is 0 Å². The van der Waals surface area contributed by atoms with E-state index in [9.17, 15) is 9.59 Å². The second-order valence-electron chi connectivity index (χ2n) is 7.90. The second kappa shape index (κ2) is 7.29. The van der Waals surface area contributed by atoms with Gasteiger partial charge in [0.1, 0.15) is 0 Å².